The van der Waals surface area contributed by atoms with Crippen molar-refractivity contribution in [2.24, 2.45) is 0 Å². The Labute approximate surface area is 152 Å². The van der Waals surface area contributed by atoms with E-state index in [4.69, 9.17) is 0 Å². The number of benzene rings is 1. The van der Waals surface area contributed by atoms with Crippen molar-refractivity contribution < 1.29 is 18.0 Å². The topological polar surface area (TPSA) is 32.3 Å². The number of carbonyl (C=O) groups is 1. The molecule has 0 aromatic heterocycles. The third-order valence-electron chi connectivity index (χ3n) is 5.14. The maximum atomic E-state index is 12.8. The fourth-order valence-corrected chi connectivity index (χ4v) is 3.70. The molecule has 25 heavy (non-hydrogen) atoms. The molecule has 140 valence electrons. The number of likely N-dealkylation sites (tertiary alicyclic amines) is 1. The van der Waals surface area contributed by atoms with Gasteiger partial charge in [-0.2, -0.15) is 13.2 Å². The maximum absolute atomic E-state index is 12.8. The number of alkyl halides is 3. The van der Waals surface area contributed by atoms with Gasteiger partial charge < -0.3 is 10.2 Å². The van der Waals surface area contributed by atoms with Crippen molar-refractivity contribution in [2.45, 2.75) is 56.8 Å². The normalized spacial score (nSPS) is 24.4. The zero-order chi connectivity index (χ0) is 17.3. The van der Waals surface area contributed by atoms with Gasteiger partial charge in [0.15, 0.2) is 0 Å². The fourth-order valence-electron chi connectivity index (χ4n) is 3.70. The molecule has 2 aliphatic heterocycles. The van der Waals surface area contributed by atoms with Crippen LogP contribution in [0.15, 0.2) is 24.3 Å². The first-order valence-corrected chi connectivity index (χ1v) is 8.54. The number of nitrogens with one attached hydrogen (secondary N) is 1. The van der Waals surface area contributed by atoms with Crippen molar-refractivity contribution in [1.29, 1.82) is 0 Å². The number of nitrogens with zero attached hydrogens (tertiary/aromatic N) is 1. The molecule has 1 N–H and O–H groups in total. The number of halogens is 4. The first kappa shape index (κ1) is 20.0. The summed E-state index contributed by atoms with van der Waals surface area (Å²) < 4.78 is 38.5. The van der Waals surface area contributed by atoms with E-state index in [2.05, 4.69) is 5.32 Å². The lowest BCUT2D eigenvalue weighted by Gasteiger charge is -2.26. The van der Waals surface area contributed by atoms with Crippen molar-refractivity contribution in [3.05, 3.63) is 35.4 Å². The summed E-state index contributed by atoms with van der Waals surface area (Å²) in [5, 5.41) is 3.53. The Balaban J connectivity index is 0.00000225. The van der Waals surface area contributed by atoms with Crippen LogP contribution >= 0.6 is 12.4 Å². The minimum Gasteiger partial charge on any atom is -0.341 e. The molecule has 3 unspecified atom stereocenters. The molecule has 1 amide bonds. The lowest BCUT2D eigenvalue weighted by molar-refractivity contribution is -0.137. The van der Waals surface area contributed by atoms with Crippen LogP contribution in [0.4, 0.5) is 13.2 Å². The van der Waals surface area contributed by atoms with Gasteiger partial charge in [0.25, 0.3) is 0 Å². The fraction of sp³-hybridized carbons (Fsp3) is 0.611. The van der Waals surface area contributed by atoms with Gasteiger partial charge in [0.2, 0.25) is 5.91 Å². The predicted molar refractivity (Wildman–Crippen MR) is 92.9 cm³/mol. The Hall–Kier alpha value is -1.27. The van der Waals surface area contributed by atoms with E-state index in [0.717, 1.165) is 31.5 Å². The van der Waals surface area contributed by atoms with Gasteiger partial charge in [-0.25, -0.2) is 0 Å². The summed E-state index contributed by atoms with van der Waals surface area (Å²) in [6.45, 7) is 3.27. The molecule has 1 aromatic carbocycles. The van der Waals surface area contributed by atoms with Gasteiger partial charge in [-0.1, -0.05) is 25.1 Å². The van der Waals surface area contributed by atoms with Crippen molar-refractivity contribution >= 4 is 18.3 Å². The Kier molecular flexibility index (Phi) is 6.38. The van der Waals surface area contributed by atoms with E-state index in [1.807, 2.05) is 11.8 Å². The van der Waals surface area contributed by atoms with Crippen LogP contribution in [0.3, 0.4) is 0 Å². The van der Waals surface area contributed by atoms with E-state index in [1.54, 1.807) is 6.07 Å². The molecule has 1 aromatic rings. The van der Waals surface area contributed by atoms with Gasteiger partial charge in [0.1, 0.15) is 0 Å². The van der Waals surface area contributed by atoms with E-state index < -0.39 is 11.7 Å². The summed E-state index contributed by atoms with van der Waals surface area (Å²) in [4.78, 5) is 14.4. The average molecular weight is 377 g/mol. The number of rotatable bonds is 3. The van der Waals surface area contributed by atoms with Gasteiger partial charge in [0.05, 0.1) is 5.56 Å². The predicted octanol–water partition coefficient (Wildman–Crippen LogP) is 3.97. The van der Waals surface area contributed by atoms with Crippen molar-refractivity contribution in [1.82, 2.24) is 10.2 Å². The minimum absolute atomic E-state index is 0. The van der Waals surface area contributed by atoms with E-state index in [9.17, 15) is 18.0 Å². The molecule has 2 fully saturated rings. The van der Waals surface area contributed by atoms with Crippen LogP contribution in [0.1, 0.15) is 49.7 Å². The maximum Gasteiger partial charge on any atom is 0.416 e. The average Bonchev–Trinajstić information content (AvgIpc) is 2.85. The molecule has 2 bridgehead atoms. The number of fused-ring (bicyclic) bond motifs is 2. The lowest BCUT2D eigenvalue weighted by atomic mass is 9.95. The molecule has 3 nitrogen and oxygen atoms in total. The highest BCUT2D eigenvalue weighted by atomic mass is 35.5. The van der Waals surface area contributed by atoms with Crippen LogP contribution in [-0.4, -0.2) is 36.0 Å². The molecule has 0 spiro atoms. The molecule has 3 rings (SSSR count). The third-order valence-corrected chi connectivity index (χ3v) is 5.14. The summed E-state index contributed by atoms with van der Waals surface area (Å²) in [5.74, 6) is -0.192. The molecule has 7 heteroatoms. The van der Waals surface area contributed by atoms with E-state index in [1.165, 1.54) is 12.5 Å². The highest BCUT2D eigenvalue weighted by Gasteiger charge is 2.32. The molecule has 2 heterocycles. The molecule has 0 aliphatic carbocycles. The van der Waals surface area contributed by atoms with E-state index in [-0.39, 0.29) is 30.7 Å². The third kappa shape index (κ3) is 4.88. The molecule has 2 aliphatic rings. The minimum atomic E-state index is -4.35. The number of hydrogen-bond acceptors (Lipinski definition) is 2. The number of carbonyl (C=O) groups excluding carboxylic acids is 1. The molecule has 3 atom stereocenters. The summed E-state index contributed by atoms with van der Waals surface area (Å²) >= 11 is 0. The second-order valence-electron chi connectivity index (χ2n) is 6.99. The van der Waals surface area contributed by atoms with Gasteiger partial charge in [0, 0.05) is 31.6 Å². The highest BCUT2D eigenvalue weighted by molar-refractivity contribution is 5.85. The van der Waals surface area contributed by atoms with Crippen LogP contribution in [0.5, 0.6) is 0 Å². The summed E-state index contributed by atoms with van der Waals surface area (Å²) in [6.07, 6.45) is -0.876. The first-order valence-electron chi connectivity index (χ1n) is 8.54. The Morgan fingerprint density at radius 1 is 1.28 bits per heavy atom. The van der Waals surface area contributed by atoms with Gasteiger partial charge in [-0.3, -0.25) is 4.79 Å². The van der Waals surface area contributed by atoms with Crippen LogP contribution in [-0.2, 0) is 11.0 Å². The Morgan fingerprint density at radius 2 is 2.00 bits per heavy atom. The monoisotopic (exact) mass is 376 g/mol. The van der Waals surface area contributed by atoms with Crippen LogP contribution in [0.2, 0.25) is 0 Å². The zero-order valence-electron chi connectivity index (χ0n) is 14.2. The quantitative estimate of drug-likeness (QED) is 0.865. The second kappa shape index (κ2) is 7.96. The Morgan fingerprint density at radius 3 is 2.72 bits per heavy atom. The molecular formula is C18H24ClF3N2O. The van der Waals surface area contributed by atoms with Gasteiger partial charge >= 0.3 is 6.18 Å². The lowest BCUT2D eigenvalue weighted by Crippen LogP contribution is -2.39. The summed E-state index contributed by atoms with van der Waals surface area (Å²) in [6, 6.07) is 6.17. The summed E-state index contributed by atoms with van der Waals surface area (Å²) in [5.41, 5.74) is -0.0942. The van der Waals surface area contributed by atoms with E-state index in [0.29, 0.717) is 24.2 Å². The second-order valence-corrected chi connectivity index (χ2v) is 6.99. The number of amides is 1. The standard InChI is InChI=1S/C18H23F3N2O.ClH/c1-12(13-3-2-4-14(10-13)18(19,20)21)9-17(24)23-8-7-15-5-6-16(11-23)22-15;/h2-4,10,12,15-16,22H,5-9,11H2,1H3;1H. The molecule has 0 saturated carbocycles. The van der Waals surface area contributed by atoms with Crippen LogP contribution < -0.4 is 5.32 Å². The highest BCUT2D eigenvalue weighted by Crippen LogP contribution is 2.32. The van der Waals surface area contributed by atoms with Crippen molar-refractivity contribution in [2.75, 3.05) is 13.1 Å². The molecule has 2 saturated heterocycles. The zero-order valence-corrected chi connectivity index (χ0v) is 15.0. The Bertz CT molecular complexity index is 608. The summed E-state index contributed by atoms with van der Waals surface area (Å²) in [7, 11) is 0. The van der Waals surface area contributed by atoms with E-state index >= 15 is 0 Å². The molecular weight excluding hydrogens is 353 g/mol. The van der Waals surface area contributed by atoms with Crippen molar-refractivity contribution in [3.63, 3.8) is 0 Å². The largest absolute Gasteiger partial charge is 0.416 e. The van der Waals surface area contributed by atoms with Gasteiger partial charge in [-0.15, -0.1) is 12.4 Å². The smallest absolute Gasteiger partial charge is 0.341 e. The number of hydrogen-bond donors (Lipinski definition) is 1. The van der Waals surface area contributed by atoms with Crippen LogP contribution in [0.25, 0.3) is 0 Å². The molecule has 0 radical (unpaired) electrons. The van der Waals surface area contributed by atoms with Gasteiger partial charge in [-0.05, 0) is 36.8 Å². The SMILES string of the molecule is CC(CC(=O)N1CCC2CCC(C1)N2)c1cccc(C(F)(F)F)c1.Cl. The van der Waals surface area contributed by atoms with Crippen molar-refractivity contribution in [3.8, 4) is 0 Å². The van der Waals surface area contributed by atoms with Crippen LogP contribution in [0, 0.1) is 0 Å². The first-order chi connectivity index (χ1) is 11.3.